The van der Waals surface area contributed by atoms with Crippen LogP contribution in [0.1, 0.15) is 219 Å². The van der Waals surface area contributed by atoms with Crippen molar-refractivity contribution in [3.8, 4) is 0 Å². The Morgan fingerprint density at radius 2 is 0.984 bits per heavy atom. The highest BCUT2D eigenvalue weighted by Crippen LogP contribution is 2.38. The highest BCUT2D eigenvalue weighted by Gasteiger charge is 2.23. The van der Waals surface area contributed by atoms with Gasteiger partial charge < -0.3 is 28.8 Å². The number of amides is 1. The van der Waals surface area contributed by atoms with Gasteiger partial charge >= 0.3 is 0 Å². The van der Waals surface area contributed by atoms with Gasteiger partial charge in [-0.05, 0) is 57.8 Å². The minimum atomic E-state index is -4.60. The molecule has 0 saturated heterocycles. The van der Waals surface area contributed by atoms with Crippen molar-refractivity contribution >= 4 is 13.7 Å². The molecular formula is C53H99N2O6P. The molecule has 3 atom stereocenters. The van der Waals surface area contributed by atoms with Crippen molar-refractivity contribution in [1.29, 1.82) is 0 Å². The van der Waals surface area contributed by atoms with E-state index in [9.17, 15) is 19.4 Å². The normalized spacial score (nSPS) is 14.6. The van der Waals surface area contributed by atoms with Crippen LogP contribution in [0.5, 0.6) is 0 Å². The van der Waals surface area contributed by atoms with Gasteiger partial charge in [0.15, 0.2) is 0 Å². The van der Waals surface area contributed by atoms with Crippen LogP contribution in [0.3, 0.4) is 0 Å². The summed E-state index contributed by atoms with van der Waals surface area (Å²) < 4.78 is 23.3. The number of nitrogens with one attached hydrogen (secondary N) is 1. The highest BCUT2D eigenvalue weighted by molar-refractivity contribution is 7.45. The molecule has 0 aromatic rings. The Balaban J connectivity index is 4.34. The zero-order chi connectivity index (χ0) is 45.7. The fourth-order valence-corrected chi connectivity index (χ4v) is 7.93. The molecule has 0 saturated carbocycles. The SMILES string of the molecule is CC/C=C\C/C=C\C/C=C\C/C=C\CCCCCCCCCCC(=O)NC(COP(=O)([O-])OCC[N+](C)(C)C)C(O)/C=C/CCCCCCCCCCCCCCCCCCC. The van der Waals surface area contributed by atoms with Gasteiger partial charge in [-0.3, -0.25) is 9.36 Å². The van der Waals surface area contributed by atoms with Crippen LogP contribution in [-0.4, -0.2) is 68.5 Å². The van der Waals surface area contributed by atoms with Crippen LogP contribution in [0.25, 0.3) is 0 Å². The lowest BCUT2D eigenvalue weighted by Gasteiger charge is -2.29. The van der Waals surface area contributed by atoms with E-state index < -0.39 is 20.0 Å². The topological polar surface area (TPSA) is 108 Å². The molecule has 62 heavy (non-hydrogen) atoms. The van der Waals surface area contributed by atoms with E-state index in [2.05, 4.69) is 67.8 Å². The van der Waals surface area contributed by atoms with Crippen molar-refractivity contribution in [2.24, 2.45) is 0 Å². The molecule has 2 N–H and O–H groups in total. The van der Waals surface area contributed by atoms with Crippen LogP contribution in [0, 0.1) is 0 Å². The summed E-state index contributed by atoms with van der Waals surface area (Å²) in [6.07, 6.45) is 58.4. The average Bonchev–Trinajstić information content (AvgIpc) is 3.23. The van der Waals surface area contributed by atoms with Gasteiger partial charge in [0, 0.05) is 6.42 Å². The van der Waals surface area contributed by atoms with E-state index in [0.717, 1.165) is 77.0 Å². The second-order valence-electron chi connectivity index (χ2n) is 18.5. The monoisotopic (exact) mass is 891 g/mol. The van der Waals surface area contributed by atoms with Gasteiger partial charge in [0.05, 0.1) is 39.9 Å². The fourth-order valence-electron chi connectivity index (χ4n) is 7.20. The lowest BCUT2D eigenvalue weighted by Crippen LogP contribution is -2.45. The van der Waals surface area contributed by atoms with Gasteiger partial charge in [0.1, 0.15) is 13.2 Å². The van der Waals surface area contributed by atoms with E-state index in [1.54, 1.807) is 6.08 Å². The summed E-state index contributed by atoms with van der Waals surface area (Å²) in [6.45, 7) is 4.54. The number of aliphatic hydroxyl groups excluding tert-OH is 1. The summed E-state index contributed by atoms with van der Waals surface area (Å²) in [6, 6.07) is -0.893. The number of rotatable bonds is 46. The molecule has 0 aromatic carbocycles. The number of phosphoric ester groups is 1. The van der Waals surface area contributed by atoms with E-state index in [4.69, 9.17) is 9.05 Å². The molecule has 0 radical (unpaired) electrons. The lowest BCUT2D eigenvalue weighted by atomic mass is 10.0. The van der Waals surface area contributed by atoms with Gasteiger partial charge in [0.2, 0.25) is 5.91 Å². The largest absolute Gasteiger partial charge is 0.756 e. The second-order valence-corrected chi connectivity index (χ2v) is 19.9. The Labute approximate surface area is 383 Å². The average molecular weight is 891 g/mol. The zero-order valence-electron chi connectivity index (χ0n) is 41.1. The first-order chi connectivity index (χ1) is 30.0. The molecule has 0 aromatic heterocycles. The van der Waals surface area contributed by atoms with Crippen molar-refractivity contribution in [3.63, 3.8) is 0 Å². The maximum atomic E-state index is 12.9. The van der Waals surface area contributed by atoms with E-state index in [-0.39, 0.29) is 19.1 Å². The number of quaternary nitrogens is 1. The number of allylic oxidation sites excluding steroid dienone is 9. The van der Waals surface area contributed by atoms with Crippen molar-refractivity contribution in [1.82, 2.24) is 5.32 Å². The first kappa shape index (κ1) is 60.2. The van der Waals surface area contributed by atoms with Gasteiger partial charge in [-0.25, -0.2) is 0 Å². The molecule has 0 bridgehead atoms. The van der Waals surface area contributed by atoms with E-state index >= 15 is 0 Å². The van der Waals surface area contributed by atoms with Crippen LogP contribution in [0.15, 0.2) is 60.8 Å². The molecule has 9 heteroatoms. The van der Waals surface area contributed by atoms with Gasteiger partial charge in [0.25, 0.3) is 7.82 Å². The van der Waals surface area contributed by atoms with E-state index in [0.29, 0.717) is 17.4 Å². The third-order valence-corrected chi connectivity index (χ3v) is 12.2. The molecule has 0 aliphatic rings. The Morgan fingerprint density at radius 1 is 0.581 bits per heavy atom. The molecule has 362 valence electrons. The first-order valence-corrected chi connectivity index (χ1v) is 27.1. The molecular weight excluding hydrogens is 792 g/mol. The number of carbonyl (C=O) groups excluding carboxylic acids is 1. The minimum Gasteiger partial charge on any atom is -0.756 e. The van der Waals surface area contributed by atoms with Crippen LogP contribution >= 0.6 is 7.82 Å². The van der Waals surface area contributed by atoms with E-state index in [1.165, 1.54) is 122 Å². The summed E-state index contributed by atoms with van der Waals surface area (Å²) in [7, 11) is 1.25. The summed E-state index contributed by atoms with van der Waals surface area (Å²) in [5.41, 5.74) is 0. The Bertz CT molecular complexity index is 1190. The summed E-state index contributed by atoms with van der Waals surface area (Å²) in [4.78, 5) is 25.4. The third-order valence-electron chi connectivity index (χ3n) is 11.2. The third kappa shape index (κ3) is 46.2. The highest BCUT2D eigenvalue weighted by atomic mass is 31.2. The summed E-state index contributed by atoms with van der Waals surface area (Å²) in [5.74, 6) is -0.207. The minimum absolute atomic E-state index is 0.00481. The zero-order valence-corrected chi connectivity index (χ0v) is 42.0. The number of hydrogen-bond acceptors (Lipinski definition) is 6. The van der Waals surface area contributed by atoms with Gasteiger partial charge in [-0.1, -0.05) is 216 Å². The van der Waals surface area contributed by atoms with Gasteiger partial charge in [-0.2, -0.15) is 0 Å². The molecule has 8 nitrogen and oxygen atoms in total. The molecule has 0 aliphatic heterocycles. The first-order valence-electron chi connectivity index (χ1n) is 25.7. The van der Waals surface area contributed by atoms with E-state index in [1.807, 2.05) is 27.2 Å². The molecule has 0 rings (SSSR count). The molecule has 0 fully saturated rings. The summed E-state index contributed by atoms with van der Waals surface area (Å²) in [5, 5.41) is 13.8. The standard InChI is InChI=1S/C53H99N2O6P/c1-6-8-10-12-14-16-18-20-22-24-26-27-29-31-33-35-37-39-41-43-45-47-53(57)54-51(50-61-62(58,59)60-49-48-55(3,4)5)52(56)46-44-42-40-38-36-34-32-30-28-25-23-21-19-17-15-13-11-9-7-2/h8,10,14,16,20,22,26-27,44,46,51-52,56H,6-7,9,11-13,15,17-19,21,23-25,28-43,45,47-50H2,1-5H3,(H-,54,57,58,59)/b10-8-,16-14-,22-20-,27-26-,46-44+. The Hall–Kier alpha value is -1.80. The molecule has 0 heterocycles. The summed E-state index contributed by atoms with van der Waals surface area (Å²) >= 11 is 0. The van der Waals surface area contributed by atoms with Crippen LogP contribution in [0.4, 0.5) is 0 Å². The smallest absolute Gasteiger partial charge is 0.268 e. The van der Waals surface area contributed by atoms with Crippen molar-refractivity contribution in [3.05, 3.63) is 60.8 Å². The molecule has 3 unspecified atom stereocenters. The van der Waals surface area contributed by atoms with Crippen LogP contribution in [-0.2, 0) is 18.4 Å². The molecule has 0 spiro atoms. The number of phosphoric acid groups is 1. The number of carbonyl (C=O) groups is 1. The number of likely N-dealkylation sites (N-methyl/N-ethyl adjacent to an activating group) is 1. The molecule has 0 aliphatic carbocycles. The maximum absolute atomic E-state index is 12.9. The Kier molecular flexibility index (Phi) is 43.1. The fraction of sp³-hybridized carbons (Fsp3) is 0.792. The number of unbranched alkanes of at least 4 members (excludes halogenated alkanes) is 25. The predicted molar refractivity (Wildman–Crippen MR) is 265 cm³/mol. The number of nitrogens with zero attached hydrogens (tertiary/aromatic N) is 1. The van der Waals surface area contributed by atoms with Crippen LogP contribution < -0.4 is 10.2 Å². The number of hydrogen-bond donors (Lipinski definition) is 2. The predicted octanol–water partition coefficient (Wildman–Crippen LogP) is 14.3. The van der Waals surface area contributed by atoms with Crippen molar-refractivity contribution in [2.75, 3.05) is 40.9 Å². The van der Waals surface area contributed by atoms with Crippen molar-refractivity contribution < 1.29 is 32.9 Å². The Morgan fingerprint density at radius 3 is 1.44 bits per heavy atom. The maximum Gasteiger partial charge on any atom is 0.268 e. The van der Waals surface area contributed by atoms with Crippen molar-refractivity contribution in [2.45, 2.75) is 231 Å². The van der Waals surface area contributed by atoms with Gasteiger partial charge in [-0.15, -0.1) is 0 Å². The lowest BCUT2D eigenvalue weighted by molar-refractivity contribution is -0.870. The second kappa shape index (κ2) is 44.4. The van der Waals surface area contributed by atoms with Crippen LogP contribution in [0.2, 0.25) is 0 Å². The number of aliphatic hydroxyl groups is 1. The quantitative estimate of drug-likeness (QED) is 0.0273. The molecule has 1 amide bonds.